The van der Waals surface area contributed by atoms with Crippen molar-refractivity contribution in [1.29, 1.82) is 0 Å². The second-order valence-corrected chi connectivity index (χ2v) is 20.9. The van der Waals surface area contributed by atoms with Crippen molar-refractivity contribution >= 4 is 43.9 Å². The molecule has 2 atom stereocenters. The summed E-state index contributed by atoms with van der Waals surface area (Å²) in [6.45, 7) is 20.4. The molecule has 3 saturated heterocycles. The molecule has 3 aromatic rings. The van der Waals surface area contributed by atoms with Gasteiger partial charge in [0.2, 0.25) is 0 Å². The van der Waals surface area contributed by atoms with Gasteiger partial charge in [-0.05, 0) is 71.7 Å². The van der Waals surface area contributed by atoms with Gasteiger partial charge >= 0.3 is 7.60 Å². The molecule has 6 heterocycles. The van der Waals surface area contributed by atoms with Crippen LogP contribution in [0.25, 0.3) is 0 Å². The Morgan fingerprint density at radius 1 is 0.805 bits per heavy atom. The van der Waals surface area contributed by atoms with Gasteiger partial charge in [-0.1, -0.05) is 18.6 Å². The van der Waals surface area contributed by atoms with Crippen molar-refractivity contribution in [2.24, 2.45) is 15.4 Å². The zero-order valence-electron chi connectivity index (χ0n) is 45.3. The number of nitrogens with zero attached hydrogens (tertiary/aromatic N) is 11. The maximum Gasteiger partial charge on any atom is 0.350 e. The van der Waals surface area contributed by atoms with Crippen LogP contribution in [0, 0.1) is 5.41 Å². The van der Waals surface area contributed by atoms with E-state index in [9.17, 15) is 9.36 Å². The number of ether oxygens (including phenoxy) is 10. The van der Waals surface area contributed by atoms with Crippen LogP contribution in [-0.2, 0) is 71.4 Å². The second kappa shape index (κ2) is 37.3. The number of halogens is 1. The number of unbranched alkanes of at least 4 members (excludes halogenated alkanes) is 2. The van der Waals surface area contributed by atoms with Gasteiger partial charge in [-0.2, -0.15) is 10.2 Å². The van der Waals surface area contributed by atoms with E-state index >= 15 is 0 Å². The van der Waals surface area contributed by atoms with Crippen molar-refractivity contribution < 1.29 is 66.5 Å². The molecular formula is C50H85ClN11O14P. The van der Waals surface area contributed by atoms with Crippen LogP contribution in [0.15, 0.2) is 34.8 Å². The van der Waals surface area contributed by atoms with E-state index in [2.05, 4.69) is 61.0 Å². The highest BCUT2D eigenvalue weighted by atomic mass is 35.5. The molecule has 25 nitrogen and oxygen atoms in total. The fourth-order valence-corrected chi connectivity index (χ4v) is 9.42. The average molecular weight is 1130 g/mol. The fourth-order valence-electron chi connectivity index (χ4n) is 8.96. The number of alkyl halides is 1. The summed E-state index contributed by atoms with van der Waals surface area (Å²) in [5.41, 5.74) is 2.63. The SMILES string of the molecule is C=Nc1c(/C(=N\CCl)N2CC3(CCCN(C)C3)C2)cnn1C1CCC(COCP(=O)(O)O)O1.CCCCOCCOCCOCCOCCOCCOCCOCCOCCn1cc(CCCCn2cc(C=O)cn2)nn1. The Bertz CT molecular complexity index is 2140. The Hall–Kier alpha value is -3.63. The van der Waals surface area contributed by atoms with Gasteiger partial charge in [0.25, 0.3) is 0 Å². The third kappa shape index (κ3) is 25.2. The Balaban J connectivity index is 0.000000295. The molecule has 0 bridgehead atoms. The second-order valence-electron chi connectivity index (χ2n) is 19.1. The molecule has 1 spiro atoms. The lowest BCUT2D eigenvalue weighted by Gasteiger charge is -2.55. The first-order valence-electron chi connectivity index (χ1n) is 26.9. The molecule has 6 rings (SSSR count). The first kappa shape index (κ1) is 64.2. The highest BCUT2D eigenvalue weighted by Gasteiger charge is 2.47. The van der Waals surface area contributed by atoms with E-state index in [4.69, 9.17) is 68.8 Å². The largest absolute Gasteiger partial charge is 0.379 e. The number of rotatable bonds is 41. The maximum absolute atomic E-state index is 11.0. The van der Waals surface area contributed by atoms with E-state index in [-0.39, 0.29) is 24.9 Å². The van der Waals surface area contributed by atoms with Crippen molar-refractivity contribution in [3.63, 3.8) is 0 Å². The van der Waals surface area contributed by atoms with Crippen LogP contribution >= 0.6 is 19.2 Å². The summed E-state index contributed by atoms with van der Waals surface area (Å²) in [7, 11) is -2.02. The zero-order valence-corrected chi connectivity index (χ0v) is 47.0. The third-order valence-electron chi connectivity index (χ3n) is 12.7. The van der Waals surface area contributed by atoms with E-state index < -0.39 is 13.9 Å². The molecule has 2 unspecified atom stereocenters. The number of piperidine rings is 1. The zero-order chi connectivity index (χ0) is 54.8. The standard InChI is InChI=1S/C30H53N5O9.C20H32ClN6O5P/c1-2-3-9-37-11-13-39-15-17-41-19-21-43-23-24-44-22-20-42-18-16-40-14-12-38-10-8-35-27-30(32-33-35)6-4-5-7-34-26-29(28-36)25-31-34;1-22-18-16(19(23-13-21)26-11-20(12-26)6-3-7-25(2)10-20)8-24-27(18)17-5-4-15(32-17)9-31-14-33(28,29)30/h25-28H,2-24H2,1H3;8,15,17H,1,3-7,9-14H2,2H3,(H2,28,29,30)/b;23-19+. The minimum Gasteiger partial charge on any atom is -0.379 e. The first-order valence-corrected chi connectivity index (χ1v) is 29.2. The van der Waals surface area contributed by atoms with Gasteiger partial charge in [-0.3, -0.25) is 19.0 Å². The number of amidine groups is 1. The summed E-state index contributed by atoms with van der Waals surface area (Å²) in [4.78, 5) is 42.0. The normalized spacial score (nSPS) is 17.7. The lowest BCUT2D eigenvalue weighted by atomic mass is 9.73. The van der Waals surface area contributed by atoms with Crippen LogP contribution in [0.5, 0.6) is 0 Å². The molecule has 77 heavy (non-hydrogen) atoms. The highest BCUT2D eigenvalue weighted by molar-refractivity contribution is 7.51. The third-order valence-corrected chi connectivity index (χ3v) is 13.3. The molecule has 2 N–H and O–H groups in total. The van der Waals surface area contributed by atoms with Crippen LogP contribution in [0.2, 0.25) is 0 Å². The molecule has 0 radical (unpaired) electrons. The molecular weight excluding hydrogens is 1050 g/mol. The lowest BCUT2D eigenvalue weighted by molar-refractivity contribution is -0.0399. The maximum atomic E-state index is 11.0. The van der Waals surface area contributed by atoms with Crippen LogP contribution < -0.4 is 0 Å². The topological polar surface area (TPSA) is 264 Å². The highest BCUT2D eigenvalue weighted by Crippen LogP contribution is 2.41. The van der Waals surface area contributed by atoms with E-state index in [1.807, 2.05) is 6.20 Å². The minimum atomic E-state index is -4.20. The van der Waals surface area contributed by atoms with Crippen molar-refractivity contribution in [3.8, 4) is 0 Å². The van der Waals surface area contributed by atoms with E-state index in [1.165, 1.54) is 12.8 Å². The van der Waals surface area contributed by atoms with Crippen LogP contribution in [0.1, 0.15) is 86.1 Å². The summed E-state index contributed by atoms with van der Waals surface area (Å²) >= 11 is 6.01. The molecule has 3 aliphatic rings. The number of aromatic nitrogens is 7. The summed E-state index contributed by atoms with van der Waals surface area (Å²) < 4.78 is 71.3. The molecule has 0 saturated carbocycles. The number of aryl methyl sites for hydroxylation is 2. The average Bonchev–Trinajstić information content (AvgIpc) is 4.26. The molecule has 3 fully saturated rings. The summed E-state index contributed by atoms with van der Waals surface area (Å²) in [5, 5.41) is 17.0. The van der Waals surface area contributed by atoms with Gasteiger partial charge in [-0.25, -0.2) is 14.4 Å². The number of hydrogen-bond donors (Lipinski definition) is 2. The van der Waals surface area contributed by atoms with Gasteiger partial charge in [0.05, 0.1) is 148 Å². The Labute approximate surface area is 458 Å². The van der Waals surface area contributed by atoms with Crippen LogP contribution in [0.3, 0.4) is 0 Å². The van der Waals surface area contributed by atoms with Gasteiger partial charge < -0.3 is 67.0 Å². The van der Waals surface area contributed by atoms with Crippen molar-refractivity contribution in [3.05, 3.63) is 41.6 Å². The number of hydrogen-bond acceptors (Lipinski definition) is 19. The monoisotopic (exact) mass is 1130 g/mol. The Morgan fingerprint density at radius 2 is 1.43 bits per heavy atom. The van der Waals surface area contributed by atoms with Gasteiger partial charge in [0.1, 0.15) is 18.2 Å². The number of carbonyl (C=O) groups is 1. The lowest BCUT2D eigenvalue weighted by Crippen LogP contribution is -2.63. The van der Waals surface area contributed by atoms with Crippen LogP contribution in [-0.4, -0.2) is 237 Å². The van der Waals surface area contributed by atoms with E-state index in [0.29, 0.717) is 135 Å². The number of likely N-dealkylation sites (tertiary alicyclic amines) is 2. The van der Waals surface area contributed by atoms with E-state index in [0.717, 1.165) is 94.8 Å². The molecule has 0 amide bonds. The summed E-state index contributed by atoms with van der Waals surface area (Å²) in [6.07, 6.45) is 15.4. The summed E-state index contributed by atoms with van der Waals surface area (Å²) in [6, 6.07) is 0.138. The quantitative estimate of drug-likeness (QED) is 0.0153. The predicted octanol–water partition coefficient (Wildman–Crippen LogP) is 4.26. The number of aldehydes is 1. The molecule has 3 aliphatic heterocycles. The molecule has 27 heteroatoms. The number of carbonyl (C=O) groups excluding carboxylic acids is 1. The smallest absolute Gasteiger partial charge is 0.350 e. The predicted molar refractivity (Wildman–Crippen MR) is 287 cm³/mol. The Kier molecular flexibility index (Phi) is 31.1. The van der Waals surface area contributed by atoms with Gasteiger partial charge in [0.15, 0.2) is 18.3 Å². The molecule has 436 valence electrons. The summed E-state index contributed by atoms with van der Waals surface area (Å²) in [5.74, 6) is 1.35. The molecule has 0 aromatic carbocycles. The minimum absolute atomic E-state index is 0.107. The fraction of sp³-hybridized carbons (Fsp3) is 0.780. The van der Waals surface area contributed by atoms with Crippen molar-refractivity contribution in [1.82, 2.24) is 44.4 Å². The molecule has 0 aliphatic carbocycles. The van der Waals surface area contributed by atoms with Crippen molar-refractivity contribution in [2.75, 3.05) is 158 Å². The van der Waals surface area contributed by atoms with Gasteiger partial charge in [0, 0.05) is 50.6 Å². The molecule has 3 aromatic heterocycles. The first-order chi connectivity index (χ1) is 37.5. The van der Waals surface area contributed by atoms with Crippen LogP contribution in [0.4, 0.5) is 5.82 Å². The van der Waals surface area contributed by atoms with Crippen molar-refractivity contribution in [2.45, 2.75) is 90.1 Å². The van der Waals surface area contributed by atoms with Gasteiger partial charge in [-0.15, -0.1) is 16.7 Å². The number of aliphatic imine (C=N–C) groups is 2. The Morgan fingerprint density at radius 3 is 1.99 bits per heavy atom. The van der Waals surface area contributed by atoms with E-state index in [1.54, 1.807) is 32.6 Å².